The lowest BCUT2D eigenvalue weighted by atomic mass is 9.94. The number of esters is 1. The Hall–Kier alpha value is -5.63. The lowest BCUT2D eigenvalue weighted by Gasteiger charge is -2.50. The van der Waals surface area contributed by atoms with Crippen LogP contribution in [0, 0.1) is 11.7 Å². The number of anilines is 1. The van der Waals surface area contributed by atoms with Crippen LogP contribution in [0.1, 0.15) is 64.9 Å². The third kappa shape index (κ3) is 7.64. The van der Waals surface area contributed by atoms with Crippen LogP contribution in [0.15, 0.2) is 120 Å². The molecular formula is C48H45ClFN5O6S. The molecule has 5 aromatic rings. The third-order valence-corrected chi connectivity index (χ3v) is 14.3. The van der Waals surface area contributed by atoms with E-state index in [0.29, 0.717) is 35.9 Å². The number of carbonyl (C=O) groups excluding carboxylic acids is 3. The zero-order valence-corrected chi connectivity index (χ0v) is 35.4. The van der Waals surface area contributed by atoms with Gasteiger partial charge in [-0.2, -0.15) is 0 Å². The molecule has 4 atom stereocenters. The average Bonchev–Trinajstić information content (AvgIpc) is 4.05. The monoisotopic (exact) mass is 873 g/mol. The van der Waals surface area contributed by atoms with Gasteiger partial charge >= 0.3 is 5.97 Å². The number of nitrogens with zero attached hydrogens (tertiary/aromatic N) is 3. The highest BCUT2D eigenvalue weighted by Crippen LogP contribution is 2.45. The van der Waals surface area contributed by atoms with Crippen LogP contribution in [0.4, 0.5) is 10.1 Å². The maximum atomic E-state index is 16.2. The van der Waals surface area contributed by atoms with E-state index in [0.717, 1.165) is 48.9 Å². The van der Waals surface area contributed by atoms with Crippen molar-refractivity contribution in [1.82, 2.24) is 20.1 Å². The van der Waals surface area contributed by atoms with E-state index in [1.165, 1.54) is 28.9 Å². The molecule has 1 aliphatic carbocycles. The fraction of sp³-hybridized carbons (Fsp3) is 0.333. The van der Waals surface area contributed by atoms with Crippen molar-refractivity contribution in [2.24, 2.45) is 5.92 Å². The van der Waals surface area contributed by atoms with Crippen LogP contribution in [0.2, 0.25) is 5.02 Å². The molecule has 62 heavy (non-hydrogen) atoms. The predicted molar refractivity (Wildman–Crippen MR) is 236 cm³/mol. The Morgan fingerprint density at radius 3 is 2.31 bits per heavy atom. The minimum atomic E-state index is -0.885. The van der Waals surface area contributed by atoms with Crippen LogP contribution < -0.4 is 21.0 Å². The first kappa shape index (κ1) is 40.4. The van der Waals surface area contributed by atoms with Gasteiger partial charge in [-0.3, -0.25) is 19.3 Å². The number of amides is 2. The van der Waals surface area contributed by atoms with Crippen LogP contribution in [0.3, 0.4) is 0 Å². The smallest absolute Gasteiger partial charge is 0.343 e. The van der Waals surface area contributed by atoms with Crippen LogP contribution in [0.5, 0.6) is 0 Å². The Kier molecular flexibility index (Phi) is 11.0. The van der Waals surface area contributed by atoms with Gasteiger partial charge in [-0.05, 0) is 60.9 Å². The number of hydrogen-bond acceptors (Lipinski definition) is 9. The van der Waals surface area contributed by atoms with Gasteiger partial charge in [0.2, 0.25) is 17.2 Å². The Morgan fingerprint density at radius 2 is 1.63 bits per heavy atom. The van der Waals surface area contributed by atoms with E-state index in [1.807, 2.05) is 100 Å². The molecule has 318 valence electrons. The van der Waals surface area contributed by atoms with Gasteiger partial charge in [-0.15, -0.1) is 11.8 Å². The number of pyridine rings is 1. The number of halogens is 2. The summed E-state index contributed by atoms with van der Waals surface area (Å²) in [5.74, 6) is -1.20. The van der Waals surface area contributed by atoms with Crippen molar-refractivity contribution in [2.75, 3.05) is 36.9 Å². The molecule has 3 saturated heterocycles. The second-order valence-electron chi connectivity index (χ2n) is 16.7. The number of β-lactam (4-membered cyclic amide) rings is 1. The fourth-order valence-electron chi connectivity index (χ4n) is 9.31. The van der Waals surface area contributed by atoms with Crippen molar-refractivity contribution < 1.29 is 28.2 Å². The summed E-state index contributed by atoms with van der Waals surface area (Å²) in [4.78, 5) is 58.9. The first-order valence-corrected chi connectivity index (χ1v) is 22.6. The minimum Gasteiger partial charge on any atom is -0.466 e. The number of carbonyl (C=O) groups is 3. The van der Waals surface area contributed by atoms with Crippen LogP contribution >= 0.6 is 23.4 Å². The molecule has 1 saturated carbocycles. The highest BCUT2D eigenvalue weighted by molar-refractivity contribution is 8.00. The number of nitrogens with one attached hydrogen (secondary N) is 2. The Morgan fingerprint density at radius 1 is 0.935 bits per heavy atom. The molecule has 14 heteroatoms. The van der Waals surface area contributed by atoms with E-state index >= 15 is 4.39 Å². The summed E-state index contributed by atoms with van der Waals surface area (Å²) in [5.41, 5.74) is 2.81. The normalized spacial score (nSPS) is 22.0. The molecule has 0 spiro atoms. The van der Waals surface area contributed by atoms with Crippen LogP contribution in [-0.4, -0.2) is 76.7 Å². The van der Waals surface area contributed by atoms with Crippen LogP contribution in [0.25, 0.3) is 10.9 Å². The first-order valence-electron chi connectivity index (χ1n) is 21.2. The number of piperidine rings is 1. The summed E-state index contributed by atoms with van der Waals surface area (Å²) in [6, 6.07) is 29.2. The van der Waals surface area contributed by atoms with Gasteiger partial charge in [0.15, 0.2) is 6.10 Å². The van der Waals surface area contributed by atoms with Gasteiger partial charge in [0.1, 0.15) is 29.4 Å². The number of aromatic nitrogens is 1. The van der Waals surface area contributed by atoms with Gasteiger partial charge in [-0.25, -0.2) is 9.18 Å². The van der Waals surface area contributed by atoms with E-state index in [4.69, 9.17) is 21.1 Å². The molecule has 11 nitrogen and oxygen atoms in total. The van der Waals surface area contributed by atoms with Crippen molar-refractivity contribution in [2.45, 2.75) is 61.7 Å². The fourth-order valence-corrected chi connectivity index (χ4v) is 11.0. The number of hydrogen-bond donors (Lipinski definition) is 2. The maximum Gasteiger partial charge on any atom is 0.343 e. The molecular weight excluding hydrogens is 829 g/mol. The summed E-state index contributed by atoms with van der Waals surface area (Å²) in [6.45, 7) is 1.93. The van der Waals surface area contributed by atoms with E-state index in [1.54, 1.807) is 0 Å². The van der Waals surface area contributed by atoms with Gasteiger partial charge in [0.05, 0.1) is 28.0 Å². The van der Waals surface area contributed by atoms with Crippen molar-refractivity contribution in [3.05, 3.63) is 158 Å². The van der Waals surface area contributed by atoms with Gasteiger partial charge < -0.3 is 29.6 Å². The van der Waals surface area contributed by atoms with E-state index in [2.05, 4.69) is 10.6 Å². The number of fused-ring (bicyclic) bond motifs is 3. The molecule has 2 amide bonds. The zero-order chi connectivity index (χ0) is 42.5. The van der Waals surface area contributed by atoms with Crippen molar-refractivity contribution >= 4 is 57.7 Å². The summed E-state index contributed by atoms with van der Waals surface area (Å²) < 4.78 is 30.8. The van der Waals surface area contributed by atoms with Gasteiger partial charge in [0, 0.05) is 42.7 Å². The predicted octanol–water partition coefficient (Wildman–Crippen LogP) is 7.13. The van der Waals surface area contributed by atoms with Crippen LogP contribution in [-0.2, 0) is 25.5 Å². The quantitative estimate of drug-likeness (QED) is 0.0997. The highest BCUT2D eigenvalue weighted by atomic mass is 35.5. The van der Waals surface area contributed by atoms with Gasteiger partial charge in [-0.1, -0.05) is 103 Å². The van der Waals surface area contributed by atoms with Crippen molar-refractivity contribution in [3.63, 3.8) is 0 Å². The molecule has 1 aromatic heterocycles. The molecule has 5 heterocycles. The van der Waals surface area contributed by atoms with Crippen molar-refractivity contribution in [3.8, 4) is 0 Å². The molecule has 0 bridgehead atoms. The summed E-state index contributed by atoms with van der Waals surface area (Å²) in [6.07, 6.45) is 4.76. The van der Waals surface area contributed by atoms with Gasteiger partial charge in [0.25, 0.3) is 5.91 Å². The van der Waals surface area contributed by atoms with E-state index < -0.39 is 34.7 Å². The molecule has 2 N–H and O–H groups in total. The standard InChI is InChI=1S/C48H45ClFN5O6S/c49-39-41-34(22-36(50)42(39)53-23-31-17-10-20-51-37(31)25-53)43(57)35(24-54(41)33-18-19-33)48(59)60-26-32-27-62-47-40(52-38(56)21-28-11-4-1-5-12-28)45(58)55(47)46(32)61-44(29-13-6-2-7-14-29)30-15-8-3-9-16-30/h1-9,11-16,22,24,31,33,37,40,44,47,51H,10,17-21,23,25-27H2,(H,52,56)/t31-,37+,40+,47+/m0/s1. The zero-order valence-electron chi connectivity index (χ0n) is 33.8. The SMILES string of the molecule is O=C(Cc1ccccc1)N[C@@H]1C(=O)N2C(OC(c3ccccc3)c3ccccc3)=C(COC(=O)c3cn(C4CC4)c4c(Cl)c(N5C[C@@H]6CCCN[C@@H]6C5)c(F)cc4c3=O)CS[C@H]12. The lowest BCUT2D eigenvalue weighted by Crippen LogP contribution is -2.70. The Labute approximate surface area is 367 Å². The number of rotatable bonds is 12. The highest BCUT2D eigenvalue weighted by Gasteiger charge is 2.54. The number of ether oxygens (including phenoxy) is 2. The largest absolute Gasteiger partial charge is 0.466 e. The molecule has 4 aromatic carbocycles. The molecule has 4 aliphatic heterocycles. The molecule has 10 rings (SSSR count). The molecule has 0 radical (unpaired) electrons. The number of benzene rings is 4. The first-order chi connectivity index (χ1) is 30.2. The Balaban J connectivity index is 0.956. The number of thioether (sulfide) groups is 1. The summed E-state index contributed by atoms with van der Waals surface area (Å²) >= 11 is 8.50. The minimum absolute atomic E-state index is 0.0101. The topological polar surface area (TPSA) is 122 Å². The van der Waals surface area contributed by atoms with E-state index in [-0.39, 0.29) is 64.5 Å². The second-order valence-corrected chi connectivity index (χ2v) is 18.2. The average molecular weight is 874 g/mol. The molecule has 5 aliphatic rings. The maximum absolute atomic E-state index is 16.2. The van der Waals surface area contributed by atoms with Crippen molar-refractivity contribution in [1.29, 1.82) is 0 Å². The summed E-state index contributed by atoms with van der Waals surface area (Å²) in [5, 5.41) is 6.19. The van der Waals surface area contributed by atoms with E-state index in [9.17, 15) is 19.2 Å². The lowest BCUT2D eigenvalue weighted by molar-refractivity contribution is -0.150. The molecule has 4 fully saturated rings. The second kappa shape index (κ2) is 16.9. The third-order valence-electron chi connectivity index (χ3n) is 12.6. The molecule has 0 unspecified atom stereocenters. The Bertz CT molecular complexity index is 2590. The summed E-state index contributed by atoms with van der Waals surface area (Å²) in [7, 11) is 0.